The third kappa shape index (κ3) is 4.73. The molecule has 0 aliphatic heterocycles. The first-order valence-electron chi connectivity index (χ1n) is 8.87. The maximum Gasteiger partial charge on any atom is 0.185 e. The van der Waals surface area contributed by atoms with Crippen LogP contribution in [0.4, 0.5) is 5.69 Å². The number of hydrogen-bond donors (Lipinski definition) is 1. The highest BCUT2D eigenvalue weighted by atomic mass is 16.3. The van der Waals surface area contributed by atoms with E-state index in [1.54, 1.807) is 12.1 Å². The largest absolute Gasteiger partial charge is 0.396 e. The van der Waals surface area contributed by atoms with Crippen molar-refractivity contribution < 1.29 is 9.90 Å². The summed E-state index contributed by atoms with van der Waals surface area (Å²) < 4.78 is 0. The Kier molecular flexibility index (Phi) is 5.87. The summed E-state index contributed by atoms with van der Waals surface area (Å²) in [6.45, 7) is 2.07. The summed E-state index contributed by atoms with van der Waals surface area (Å²) in [6, 6.07) is 15.1. The lowest BCUT2D eigenvalue weighted by Crippen LogP contribution is -2.22. The van der Waals surface area contributed by atoms with Crippen LogP contribution in [-0.4, -0.2) is 17.5 Å². The number of rotatable bonds is 4. The summed E-state index contributed by atoms with van der Waals surface area (Å²) in [5, 5.41) is 13.2. The lowest BCUT2D eigenvalue weighted by atomic mass is 9.80. The molecule has 2 aromatic carbocycles. The van der Waals surface area contributed by atoms with Gasteiger partial charge in [0.1, 0.15) is 0 Å². The lowest BCUT2D eigenvalue weighted by Gasteiger charge is -2.24. The van der Waals surface area contributed by atoms with Crippen LogP contribution in [0.25, 0.3) is 22.6 Å². The van der Waals surface area contributed by atoms with Crippen molar-refractivity contribution in [1.29, 1.82) is 0 Å². The van der Waals surface area contributed by atoms with E-state index < -0.39 is 0 Å². The Morgan fingerprint density at radius 2 is 1.56 bits per heavy atom. The molecule has 1 N–H and O–H groups in total. The molecule has 0 radical (unpaired) electrons. The smallest absolute Gasteiger partial charge is 0.185 e. The van der Waals surface area contributed by atoms with Crippen molar-refractivity contribution in [1.82, 2.24) is 0 Å². The van der Waals surface area contributed by atoms with Crippen molar-refractivity contribution in [3.8, 4) is 0 Å². The number of azide groups is 1. The SMILES string of the molecule is Cc1ccc(C=C2CC(CO)CC(=Cc3ccc(N=[N+]=[N-])cc3)C2=O)cc1. The summed E-state index contributed by atoms with van der Waals surface area (Å²) >= 11 is 0. The Hall–Kier alpha value is -3.14. The number of aliphatic hydroxyl groups excluding tert-OH is 1. The summed E-state index contributed by atoms with van der Waals surface area (Å²) in [7, 11) is 0. The van der Waals surface area contributed by atoms with Crippen LogP contribution in [0.2, 0.25) is 0 Å². The number of ketones is 1. The molecule has 0 bridgehead atoms. The van der Waals surface area contributed by atoms with E-state index in [1.807, 2.05) is 55.5 Å². The standard InChI is InChI=1S/C22H21N3O2/c1-15-2-4-16(5-3-15)10-19-12-18(14-26)13-20(22(19)27)11-17-6-8-21(9-7-17)24-25-23/h2-11,18,26H,12-14H2,1H3. The summed E-state index contributed by atoms with van der Waals surface area (Å²) in [6.07, 6.45) is 4.91. The molecule has 2 aromatic rings. The first-order valence-corrected chi connectivity index (χ1v) is 8.87. The highest BCUT2D eigenvalue weighted by Gasteiger charge is 2.27. The predicted octanol–water partition coefficient (Wildman–Crippen LogP) is 5.38. The van der Waals surface area contributed by atoms with Crippen molar-refractivity contribution >= 4 is 23.6 Å². The monoisotopic (exact) mass is 359 g/mol. The van der Waals surface area contributed by atoms with Crippen LogP contribution in [0, 0.1) is 12.8 Å². The zero-order valence-electron chi connectivity index (χ0n) is 15.2. The Balaban J connectivity index is 1.91. The van der Waals surface area contributed by atoms with Crippen LogP contribution in [0.3, 0.4) is 0 Å². The van der Waals surface area contributed by atoms with Crippen LogP contribution in [-0.2, 0) is 4.79 Å². The van der Waals surface area contributed by atoms with Gasteiger partial charge in [-0.2, -0.15) is 0 Å². The summed E-state index contributed by atoms with van der Waals surface area (Å²) in [5.74, 6) is 0.0625. The molecule has 1 unspecified atom stereocenters. The number of carbonyl (C=O) groups excluding carboxylic acids is 1. The number of aliphatic hydroxyl groups is 1. The van der Waals surface area contributed by atoms with Gasteiger partial charge in [0, 0.05) is 28.4 Å². The number of allylic oxidation sites excluding steroid dienone is 2. The van der Waals surface area contributed by atoms with Crippen molar-refractivity contribution in [3.05, 3.63) is 86.8 Å². The molecule has 1 aliphatic rings. The quantitative estimate of drug-likeness (QED) is 0.344. The molecule has 1 atom stereocenters. The number of Topliss-reactive ketones (excluding diaryl/α,β-unsaturated/α-hetero) is 1. The Morgan fingerprint density at radius 3 is 2.04 bits per heavy atom. The minimum Gasteiger partial charge on any atom is -0.396 e. The molecule has 27 heavy (non-hydrogen) atoms. The van der Waals surface area contributed by atoms with Gasteiger partial charge in [0.2, 0.25) is 0 Å². The molecular formula is C22H21N3O2. The van der Waals surface area contributed by atoms with Gasteiger partial charge in [-0.3, -0.25) is 4.79 Å². The van der Waals surface area contributed by atoms with Crippen molar-refractivity contribution in [2.24, 2.45) is 11.0 Å². The molecule has 0 saturated heterocycles. The normalized spacial score (nSPS) is 19.9. The minimum atomic E-state index is 0.0272. The molecule has 5 nitrogen and oxygen atoms in total. The molecule has 3 rings (SSSR count). The van der Waals surface area contributed by atoms with Gasteiger partial charge in [-0.1, -0.05) is 59.2 Å². The second-order valence-corrected chi connectivity index (χ2v) is 6.82. The molecular weight excluding hydrogens is 338 g/mol. The van der Waals surface area contributed by atoms with E-state index in [2.05, 4.69) is 10.0 Å². The second-order valence-electron chi connectivity index (χ2n) is 6.82. The van der Waals surface area contributed by atoms with Gasteiger partial charge in [-0.05, 0) is 54.5 Å². The molecule has 136 valence electrons. The maximum absolute atomic E-state index is 12.9. The highest BCUT2D eigenvalue weighted by Crippen LogP contribution is 2.32. The number of hydrogen-bond acceptors (Lipinski definition) is 3. The maximum atomic E-state index is 12.9. The molecule has 0 aromatic heterocycles. The zero-order chi connectivity index (χ0) is 19.2. The number of benzene rings is 2. The third-order valence-electron chi connectivity index (χ3n) is 4.67. The van der Waals surface area contributed by atoms with E-state index in [-0.39, 0.29) is 18.3 Å². The Labute approximate surface area is 158 Å². The fraction of sp³-hybridized carbons (Fsp3) is 0.227. The average molecular weight is 359 g/mol. The minimum absolute atomic E-state index is 0.0272. The van der Waals surface area contributed by atoms with E-state index in [0.29, 0.717) is 24.1 Å². The molecule has 0 amide bonds. The molecule has 5 heteroatoms. The van der Waals surface area contributed by atoms with E-state index >= 15 is 0 Å². The number of nitrogens with zero attached hydrogens (tertiary/aromatic N) is 3. The fourth-order valence-corrected chi connectivity index (χ4v) is 3.22. The zero-order valence-corrected chi connectivity index (χ0v) is 15.2. The van der Waals surface area contributed by atoms with Crippen LogP contribution in [0.15, 0.2) is 64.8 Å². The van der Waals surface area contributed by atoms with Crippen LogP contribution in [0.1, 0.15) is 29.5 Å². The van der Waals surface area contributed by atoms with E-state index in [4.69, 9.17) is 5.53 Å². The van der Waals surface area contributed by atoms with Crippen molar-refractivity contribution in [2.45, 2.75) is 19.8 Å². The van der Waals surface area contributed by atoms with E-state index in [9.17, 15) is 9.90 Å². The number of carbonyl (C=O) groups is 1. The average Bonchev–Trinajstić information content (AvgIpc) is 2.68. The molecule has 1 aliphatic carbocycles. The highest BCUT2D eigenvalue weighted by molar-refractivity contribution is 6.14. The third-order valence-corrected chi connectivity index (χ3v) is 4.67. The molecule has 0 heterocycles. The molecule has 1 fully saturated rings. The van der Waals surface area contributed by atoms with Crippen molar-refractivity contribution in [2.75, 3.05) is 6.61 Å². The van der Waals surface area contributed by atoms with E-state index in [1.165, 1.54) is 5.56 Å². The van der Waals surface area contributed by atoms with Crippen LogP contribution < -0.4 is 0 Å². The van der Waals surface area contributed by atoms with Crippen LogP contribution in [0.5, 0.6) is 0 Å². The van der Waals surface area contributed by atoms with Gasteiger partial charge in [-0.15, -0.1) is 0 Å². The lowest BCUT2D eigenvalue weighted by molar-refractivity contribution is -0.113. The van der Waals surface area contributed by atoms with Crippen LogP contribution >= 0.6 is 0 Å². The summed E-state index contributed by atoms with van der Waals surface area (Å²) in [4.78, 5) is 15.7. The summed E-state index contributed by atoms with van der Waals surface area (Å²) in [5.41, 5.74) is 13.4. The van der Waals surface area contributed by atoms with E-state index in [0.717, 1.165) is 16.7 Å². The van der Waals surface area contributed by atoms with Gasteiger partial charge >= 0.3 is 0 Å². The van der Waals surface area contributed by atoms with Gasteiger partial charge in [-0.25, -0.2) is 0 Å². The first kappa shape index (κ1) is 18.6. The van der Waals surface area contributed by atoms with Crippen molar-refractivity contribution in [3.63, 3.8) is 0 Å². The predicted molar refractivity (Wildman–Crippen MR) is 107 cm³/mol. The van der Waals surface area contributed by atoms with Gasteiger partial charge < -0.3 is 5.11 Å². The molecule has 1 saturated carbocycles. The van der Waals surface area contributed by atoms with Gasteiger partial charge in [0.15, 0.2) is 5.78 Å². The topological polar surface area (TPSA) is 86.1 Å². The van der Waals surface area contributed by atoms with Gasteiger partial charge in [0.05, 0.1) is 0 Å². The Morgan fingerprint density at radius 1 is 1.04 bits per heavy atom. The van der Waals surface area contributed by atoms with Gasteiger partial charge in [0.25, 0.3) is 0 Å². The first-order chi connectivity index (χ1) is 13.1. The second kappa shape index (κ2) is 8.49. The Bertz CT molecular complexity index is 935. The molecule has 0 spiro atoms. The fourth-order valence-electron chi connectivity index (χ4n) is 3.22. The number of aryl methyl sites for hydroxylation is 1.